The molecule has 8 nitrogen and oxygen atoms in total. The Morgan fingerprint density at radius 3 is 2.07 bits per heavy atom. The lowest BCUT2D eigenvalue weighted by Gasteiger charge is -2.32. The second-order valence-corrected chi connectivity index (χ2v) is 10.7. The first-order valence-electron chi connectivity index (χ1n) is 13.3. The van der Waals surface area contributed by atoms with E-state index in [1.807, 2.05) is 62.4 Å². The first kappa shape index (κ1) is 30.8. The lowest BCUT2D eigenvalue weighted by atomic mass is 9.93. The number of aryl methyl sites for hydroxylation is 2. The number of benzene rings is 3. The Morgan fingerprint density at radius 1 is 0.927 bits per heavy atom. The van der Waals surface area contributed by atoms with Gasteiger partial charge in [0.05, 0.1) is 7.11 Å². The predicted molar refractivity (Wildman–Crippen MR) is 159 cm³/mol. The zero-order valence-electron chi connectivity index (χ0n) is 24.4. The molecule has 3 aromatic rings. The van der Waals surface area contributed by atoms with E-state index >= 15 is 0 Å². The minimum atomic E-state index is -1.19. The van der Waals surface area contributed by atoms with E-state index < -0.39 is 35.6 Å². The number of methoxy groups -OCH3 is 1. The molecule has 0 saturated carbocycles. The zero-order chi connectivity index (χ0) is 30.2. The van der Waals surface area contributed by atoms with Crippen LogP contribution in [0.5, 0.6) is 5.75 Å². The molecule has 0 spiro atoms. The number of hydrogen-bond acceptors (Lipinski definition) is 5. The number of carbonyl (C=O) groups excluding carboxylic acids is 3. The van der Waals surface area contributed by atoms with Crippen LogP contribution in [0.25, 0.3) is 0 Å². The number of amides is 3. The van der Waals surface area contributed by atoms with E-state index in [4.69, 9.17) is 15.9 Å². The minimum absolute atomic E-state index is 0.136. The van der Waals surface area contributed by atoms with Gasteiger partial charge in [0.2, 0.25) is 0 Å². The monoisotopic (exact) mass is 555 g/mol. The molecule has 0 saturated heterocycles. The lowest BCUT2D eigenvalue weighted by molar-refractivity contribution is -0.136. The molecule has 8 heteroatoms. The fourth-order valence-electron chi connectivity index (χ4n) is 4.45. The number of ether oxygens (including phenoxy) is 2. The Labute approximate surface area is 242 Å². The van der Waals surface area contributed by atoms with Crippen molar-refractivity contribution in [2.45, 2.75) is 58.7 Å². The van der Waals surface area contributed by atoms with Crippen LogP contribution in [0.2, 0.25) is 0 Å². The minimum Gasteiger partial charge on any atom is -0.497 e. The van der Waals surface area contributed by atoms with E-state index in [1.165, 1.54) is 0 Å². The third kappa shape index (κ3) is 8.36. The van der Waals surface area contributed by atoms with Gasteiger partial charge in [-0.1, -0.05) is 55.0 Å². The Hall–Kier alpha value is -4.77. The molecule has 0 aromatic heterocycles. The number of rotatable bonds is 9. The van der Waals surface area contributed by atoms with Gasteiger partial charge >= 0.3 is 6.09 Å². The maximum absolute atomic E-state index is 14.2. The Balaban J connectivity index is 2.04. The van der Waals surface area contributed by atoms with Crippen LogP contribution < -0.4 is 15.4 Å². The van der Waals surface area contributed by atoms with Crippen LogP contribution in [0, 0.1) is 26.3 Å². The van der Waals surface area contributed by atoms with Crippen molar-refractivity contribution in [2.75, 3.05) is 12.4 Å². The number of terminal acetylenes is 1. The molecule has 0 radical (unpaired) electrons. The Bertz CT molecular complexity index is 1390. The smallest absolute Gasteiger partial charge is 0.408 e. The van der Waals surface area contributed by atoms with Crippen LogP contribution in [0.3, 0.4) is 0 Å². The molecule has 0 heterocycles. The summed E-state index contributed by atoms with van der Waals surface area (Å²) in [6.45, 7) is 8.91. The topological polar surface area (TPSA) is 97.0 Å². The van der Waals surface area contributed by atoms with Crippen LogP contribution in [0.15, 0.2) is 72.8 Å². The molecule has 3 amide bonds. The van der Waals surface area contributed by atoms with Crippen LogP contribution in [0.4, 0.5) is 10.5 Å². The number of hydrogen-bond donors (Lipinski definition) is 2. The van der Waals surface area contributed by atoms with Crippen LogP contribution in [-0.4, -0.2) is 41.6 Å². The van der Waals surface area contributed by atoms with E-state index in [0.717, 1.165) is 21.6 Å². The fraction of sp³-hybridized carbons (Fsp3) is 0.303. The second-order valence-electron chi connectivity index (χ2n) is 10.7. The van der Waals surface area contributed by atoms with E-state index in [1.54, 1.807) is 52.1 Å². The van der Waals surface area contributed by atoms with Crippen molar-refractivity contribution in [1.82, 2.24) is 10.2 Å². The maximum Gasteiger partial charge on any atom is 0.408 e. The molecule has 2 unspecified atom stereocenters. The van der Waals surface area contributed by atoms with Crippen LogP contribution in [0.1, 0.15) is 49.1 Å². The maximum atomic E-state index is 14.2. The summed E-state index contributed by atoms with van der Waals surface area (Å²) in [7, 11) is 1.55. The van der Waals surface area contributed by atoms with Crippen LogP contribution in [-0.2, 0) is 20.7 Å². The molecule has 0 bridgehead atoms. The van der Waals surface area contributed by atoms with E-state index in [-0.39, 0.29) is 6.42 Å². The average molecular weight is 556 g/mol. The van der Waals surface area contributed by atoms with Crippen LogP contribution >= 0.6 is 0 Å². The van der Waals surface area contributed by atoms with Gasteiger partial charge in [-0.2, -0.15) is 0 Å². The summed E-state index contributed by atoms with van der Waals surface area (Å²) in [5.74, 6) is -0.499. The van der Waals surface area contributed by atoms with Gasteiger partial charge < -0.3 is 20.1 Å². The molecule has 0 aliphatic rings. The van der Waals surface area contributed by atoms with E-state index in [0.29, 0.717) is 17.0 Å². The number of anilines is 1. The quantitative estimate of drug-likeness (QED) is 0.267. The molecule has 0 aliphatic heterocycles. The van der Waals surface area contributed by atoms with Gasteiger partial charge in [0, 0.05) is 18.2 Å². The van der Waals surface area contributed by atoms with Crippen molar-refractivity contribution in [3.05, 3.63) is 95.1 Å². The highest BCUT2D eigenvalue weighted by atomic mass is 16.6. The fourth-order valence-corrected chi connectivity index (χ4v) is 4.45. The highest BCUT2D eigenvalue weighted by Crippen LogP contribution is 2.30. The van der Waals surface area contributed by atoms with Crippen molar-refractivity contribution in [3.63, 3.8) is 0 Å². The van der Waals surface area contributed by atoms with Crippen molar-refractivity contribution in [3.8, 4) is 18.2 Å². The molecule has 41 heavy (non-hydrogen) atoms. The number of nitrogens with one attached hydrogen (secondary N) is 2. The molecular formula is C33H37N3O5. The molecule has 3 aromatic carbocycles. The third-order valence-electron chi connectivity index (χ3n) is 6.33. The van der Waals surface area contributed by atoms with Gasteiger partial charge in [0.1, 0.15) is 23.4 Å². The number of carbonyl (C=O) groups is 3. The van der Waals surface area contributed by atoms with E-state index in [9.17, 15) is 14.4 Å². The summed E-state index contributed by atoms with van der Waals surface area (Å²) in [6, 6.07) is 21.8. The highest BCUT2D eigenvalue weighted by molar-refractivity contribution is 6.00. The number of nitrogens with zero attached hydrogens (tertiary/aromatic N) is 1. The van der Waals surface area contributed by atoms with Crippen molar-refractivity contribution in [2.24, 2.45) is 0 Å². The van der Waals surface area contributed by atoms with Gasteiger partial charge in [0.25, 0.3) is 11.8 Å². The van der Waals surface area contributed by atoms with Gasteiger partial charge in [-0.25, -0.2) is 4.79 Å². The van der Waals surface area contributed by atoms with Gasteiger partial charge in [-0.15, -0.1) is 0 Å². The Morgan fingerprint density at radius 2 is 1.54 bits per heavy atom. The Kier molecular flexibility index (Phi) is 10.2. The second kappa shape index (κ2) is 13.5. The SMILES string of the molecule is C#CN(C(=O)C(Cc1ccccc1)NC(=O)OC(C)(C)C)C(C(=O)Nc1ccc(OC)cc1)c1c(C)cccc1C. The summed E-state index contributed by atoms with van der Waals surface area (Å²) >= 11 is 0. The molecule has 3 rings (SSSR count). The molecule has 0 fully saturated rings. The normalized spacial score (nSPS) is 12.3. The zero-order valence-corrected chi connectivity index (χ0v) is 24.4. The molecule has 2 N–H and O–H groups in total. The predicted octanol–water partition coefficient (Wildman–Crippen LogP) is 5.55. The summed E-state index contributed by atoms with van der Waals surface area (Å²) in [6.07, 6.45) is 5.33. The first-order valence-corrected chi connectivity index (χ1v) is 13.3. The first-order chi connectivity index (χ1) is 19.4. The van der Waals surface area contributed by atoms with Crippen molar-refractivity contribution >= 4 is 23.6 Å². The largest absolute Gasteiger partial charge is 0.497 e. The summed E-state index contributed by atoms with van der Waals surface area (Å²) < 4.78 is 10.6. The molecule has 0 aliphatic carbocycles. The highest BCUT2D eigenvalue weighted by Gasteiger charge is 2.37. The summed E-state index contributed by atoms with van der Waals surface area (Å²) in [5.41, 5.74) is 2.69. The van der Waals surface area contributed by atoms with Gasteiger partial charge in [-0.3, -0.25) is 14.5 Å². The molecule has 214 valence electrons. The van der Waals surface area contributed by atoms with Gasteiger partial charge in [-0.05, 0) is 81.1 Å². The average Bonchev–Trinajstić information content (AvgIpc) is 2.91. The van der Waals surface area contributed by atoms with Crippen molar-refractivity contribution < 1.29 is 23.9 Å². The lowest BCUT2D eigenvalue weighted by Crippen LogP contribution is -2.52. The molecule has 2 atom stereocenters. The van der Waals surface area contributed by atoms with Crippen molar-refractivity contribution in [1.29, 1.82) is 0 Å². The summed E-state index contributed by atoms with van der Waals surface area (Å²) in [4.78, 5) is 42.0. The van der Waals surface area contributed by atoms with E-state index in [2.05, 4.69) is 16.7 Å². The summed E-state index contributed by atoms with van der Waals surface area (Å²) in [5, 5.41) is 5.56. The van der Waals surface area contributed by atoms with Gasteiger partial charge in [0.15, 0.2) is 0 Å². The standard InChI is InChI=1S/C33H37N3O5/c1-8-36(31(38)27(21-24-15-10-9-11-16-24)35-32(39)41-33(4,5)6)29(28-22(2)13-12-14-23(28)3)30(37)34-25-17-19-26(40-7)20-18-25/h1,9-20,27,29H,21H2,2-7H3,(H,34,37)(H,35,39). The third-order valence-corrected chi connectivity index (χ3v) is 6.33. The molecular weight excluding hydrogens is 518 g/mol. The number of alkyl carbamates (subject to hydrolysis) is 1.